The van der Waals surface area contributed by atoms with E-state index >= 15 is 0 Å². The highest BCUT2D eigenvalue weighted by Gasteiger charge is 2.16. The molecule has 0 aliphatic heterocycles. The van der Waals surface area contributed by atoms with E-state index < -0.39 is 5.97 Å². The maximum atomic E-state index is 12.2. The SMILES string of the molecule is CCCC(=O)c1nc(CCC)n(Cc2ccc(-c3ccccc3C(=O)O)nc2)n1. The number of carbonyl (C=O) groups excluding carboxylic acids is 1. The summed E-state index contributed by atoms with van der Waals surface area (Å²) >= 11 is 0. The zero-order valence-electron chi connectivity index (χ0n) is 16.6. The standard InChI is InChI=1S/C22H24N4O3/c1-3-7-19(27)21-24-20(8-4-2)26(25-21)14-15-11-12-18(23-13-15)16-9-5-6-10-17(16)22(28)29/h5-6,9-13H,3-4,7-8,14H2,1-2H3,(H,28,29). The van der Waals surface area contributed by atoms with Gasteiger partial charge in [-0.25, -0.2) is 14.5 Å². The molecule has 0 radical (unpaired) electrons. The lowest BCUT2D eigenvalue weighted by Crippen LogP contribution is -2.08. The fourth-order valence-electron chi connectivity index (χ4n) is 3.11. The molecular weight excluding hydrogens is 368 g/mol. The van der Waals surface area contributed by atoms with Crippen molar-refractivity contribution in [2.75, 3.05) is 0 Å². The van der Waals surface area contributed by atoms with Crippen LogP contribution in [0.3, 0.4) is 0 Å². The second-order valence-corrected chi connectivity index (χ2v) is 6.83. The van der Waals surface area contributed by atoms with Crippen molar-refractivity contribution in [2.24, 2.45) is 0 Å². The molecule has 0 amide bonds. The van der Waals surface area contributed by atoms with Gasteiger partial charge in [0.1, 0.15) is 5.82 Å². The summed E-state index contributed by atoms with van der Waals surface area (Å²) in [6.45, 7) is 4.47. The van der Waals surface area contributed by atoms with Crippen LogP contribution < -0.4 is 0 Å². The quantitative estimate of drug-likeness (QED) is 0.552. The Morgan fingerprint density at radius 3 is 2.52 bits per heavy atom. The molecule has 3 aromatic rings. The molecule has 7 nitrogen and oxygen atoms in total. The first-order chi connectivity index (χ1) is 14.0. The van der Waals surface area contributed by atoms with E-state index in [2.05, 4.69) is 22.0 Å². The van der Waals surface area contributed by atoms with Crippen LogP contribution in [0.5, 0.6) is 0 Å². The smallest absolute Gasteiger partial charge is 0.336 e. The second-order valence-electron chi connectivity index (χ2n) is 6.83. The molecule has 150 valence electrons. The number of nitrogens with zero attached hydrogens (tertiary/aromatic N) is 4. The minimum atomic E-state index is -0.984. The number of aromatic nitrogens is 4. The monoisotopic (exact) mass is 392 g/mol. The molecule has 3 rings (SSSR count). The van der Waals surface area contributed by atoms with Crippen molar-refractivity contribution in [3.63, 3.8) is 0 Å². The number of carboxylic acids is 1. The number of rotatable bonds is 9. The largest absolute Gasteiger partial charge is 0.478 e. The van der Waals surface area contributed by atoms with Crippen LogP contribution in [0.15, 0.2) is 42.6 Å². The van der Waals surface area contributed by atoms with E-state index in [0.29, 0.717) is 24.2 Å². The maximum Gasteiger partial charge on any atom is 0.336 e. The van der Waals surface area contributed by atoms with Gasteiger partial charge in [-0.2, -0.15) is 0 Å². The summed E-state index contributed by atoms with van der Waals surface area (Å²) in [5.41, 5.74) is 2.29. The van der Waals surface area contributed by atoms with Crippen LogP contribution in [-0.4, -0.2) is 36.6 Å². The van der Waals surface area contributed by atoms with Gasteiger partial charge in [0.05, 0.1) is 17.8 Å². The van der Waals surface area contributed by atoms with Gasteiger partial charge in [0.25, 0.3) is 0 Å². The first kappa shape index (κ1) is 20.4. The zero-order chi connectivity index (χ0) is 20.8. The van der Waals surface area contributed by atoms with Crippen LogP contribution in [0, 0.1) is 0 Å². The molecule has 0 atom stereocenters. The zero-order valence-corrected chi connectivity index (χ0v) is 16.6. The highest BCUT2D eigenvalue weighted by molar-refractivity contribution is 5.95. The van der Waals surface area contributed by atoms with Crippen molar-refractivity contribution in [1.82, 2.24) is 19.7 Å². The maximum absolute atomic E-state index is 12.2. The van der Waals surface area contributed by atoms with Crippen LogP contribution in [-0.2, 0) is 13.0 Å². The topological polar surface area (TPSA) is 98.0 Å². The van der Waals surface area contributed by atoms with Gasteiger partial charge < -0.3 is 5.11 Å². The van der Waals surface area contributed by atoms with E-state index in [1.165, 1.54) is 0 Å². The summed E-state index contributed by atoms with van der Waals surface area (Å²) in [4.78, 5) is 32.5. The molecule has 1 N–H and O–H groups in total. The van der Waals surface area contributed by atoms with Crippen molar-refractivity contribution in [2.45, 2.75) is 46.1 Å². The number of benzene rings is 1. The lowest BCUT2D eigenvalue weighted by atomic mass is 10.0. The summed E-state index contributed by atoms with van der Waals surface area (Å²) in [6.07, 6.45) is 4.56. The van der Waals surface area contributed by atoms with E-state index in [1.54, 1.807) is 41.2 Å². The lowest BCUT2D eigenvalue weighted by molar-refractivity contribution is 0.0697. The average molecular weight is 392 g/mol. The van der Waals surface area contributed by atoms with Crippen molar-refractivity contribution in [3.05, 3.63) is 65.4 Å². The van der Waals surface area contributed by atoms with Crippen molar-refractivity contribution in [1.29, 1.82) is 0 Å². The predicted octanol–water partition coefficient (Wildman–Crippen LogP) is 4.02. The molecule has 0 bridgehead atoms. The normalized spacial score (nSPS) is 10.8. The number of Topliss-reactive ketones (excluding diaryl/α,β-unsaturated/α-hetero) is 1. The van der Waals surface area contributed by atoms with E-state index in [1.807, 2.05) is 13.0 Å². The lowest BCUT2D eigenvalue weighted by Gasteiger charge is -2.08. The summed E-state index contributed by atoms with van der Waals surface area (Å²) in [5.74, 6) is 0.0347. The van der Waals surface area contributed by atoms with Gasteiger partial charge in [-0.05, 0) is 30.5 Å². The third kappa shape index (κ3) is 4.74. The molecule has 0 saturated carbocycles. The summed E-state index contributed by atoms with van der Waals surface area (Å²) in [7, 11) is 0. The Bertz CT molecular complexity index is 1010. The number of pyridine rings is 1. The number of hydrogen-bond acceptors (Lipinski definition) is 5. The van der Waals surface area contributed by atoms with Crippen molar-refractivity contribution >= 4 is 11.8 Å². The molecule has 1 aromatic carbocycles. The fourth-order valence-corrected chi connectivity index (χ4v) is 3.11. The van der Waals surface area contributed by atoms with Gasteiger partial charge in [-0.3, -0.25) is 9.78 Å². The molecule has 0 aliphatic rings. The second kappa shape index (κ2) is 9.23. The molecule has 0 spiro atoms. The minimum absolute atomic E-state index is 0.0395. The van der Waals surface area contributed by atoms with E-state index in [-0.39, 0.29) is 17.2 Å². The number of ketones is 1. The summed E-state index contributed by atoms with van der Waals surface area (Å²) in [5, 5.41) is 13.8. The van der Waals surface area contributed by atoms with E-state index in [0.717, 1.165) is 30.7 Å². The van der Waals surface area contributed by atoms with Gasteiger partial charge in [0.15, 0.2) is 0 Å². The third-order valence-corrected chi connectivity index (χ3v) is 4.54. The number of aromatic carboxylic acids is 1. The summed E-state index contributed by atoms with van der Waals surface area (Å²) in [6, 6.07) is 10.5. The van der Waals surface area contributed by atoms with Crippen LogP contribution in [0.2, 0.25) is 0 Å². The van der Waals surface area contributed by atoms with Gasteiger partial charge in [0, 0.05) is 24.6 Å². The van der Waals surface area contributed by atoms with Crippen LogP contribution in [0.25, 0.3) is 11.3 Å². The first-order valence-corrected chi connectivity index (χ1v) is 9.78. The molecular formula is C22H24N4O3. The first-order valence-electron chi connectivity index (χ1n) is 9.78. The molecule has 0 fully saturated rings. The molecule has 2 aromatic heterocycles. The van der Waals surface area contributed by atoms with Gasteiger partial charge in [-0.15, -0.1) is 5.10 Å². The van der Waals surface area contributed by atoms with E-state index in [9.17, 15) is 14.7 Å². The van der Waals surface area contributed by atoms with Crippen molar-refractivity contribution < 1.29 is 14.7 Å². The molecule has 0 saturated heterocycles. The van der Waals surface area contributed by atoms with E-state index in [4.69, 9.17) is 0 Å². The number of carbonyl (C=O) groups is 2. The number of hydrogen-bond donors (Lipinski definition) is 1. The molecule has 29 heavy (non-hydrogen) atoms. The highest BCUT2D eigenvalue weighted by atomic mass is 16.4. The van der Waals surface area contributed by atoms with Gasteiger partial charge >= 0.3 is 5.97 Å². The van der Waals surface area contributed by atoms with Crippen LogP contribution in [0.4, 0.5) is 0 Å². The molecule has 0 aliphatic carbocycles. The molecule has 2 heterocycles. The minimum Gasteiger partial charge on any atom is -0.478 e. The predicted molar refractivity (Wildman–Crippen MR) is 109 cm³/mol. The van der Waals surface area contributed by atoms with Crippen LogP contribution >= 0.6 is 0 Å². The van der Waals surface area contributed by atoms with Crippen LogP contribution in [0.1, 0.15) is 65.5 Å². The van der Waals surface area contributed by atoms with Gasteiger partial charge in [-0.1, -0.05) is 38.1 Å². The Balaban J connectivity index is 1.85. The van der Waals surface area contributed by atoms with Gasteiger partial charge in [0.2, 0.25) is 11.6 Å². The van der Waals surface area contributed by atoms with Crippen molar-refractivity contribution in [3.8, 4) is 11.3 Å². The number of carboxylic acid groups (broad SMARTS) is 1. The Hall–Kier alpha value is -3.35. The molecule has 7 heteroatoms. The highest BCUT2D eigenvalue weighted by Crippen LogP contribution is 2.22. The number of aryl methyl sites for hydroxylation is 1. The Morgan fingerprint density at radius 2 is 1.86 bits per heavy atom. The third-order valence-electron chi connectivity index (χ3n) is 4.54. The Morgan fingerprint density at radius 1 is 1.07 bits per heavy atom. The summed E-state index contributed by atoms with van der Waals surface area (Å²) < 4.78 is 1.76. The molecule has 0 unspecified atom stereocenters. The Labute approximate surface area is 169 Å². The fraction of sp³-hybridized carbons (Fsp3) is 0.318. The Kier molecular flexibility index (Phi) is 6.49. The average Bonchev–Trinajstić information content (AvgIpc) is 3.12.